The predicted octanol–water partition coefficient (Wildman–Crippen LogP) is 5.56. The zero-order valence-electron chi connectivity index (χ0n) is 16.3. The maximum atomic E-state index is 14.2. The molecule has 0 unspecified atom stereocenters. The lowest BCUT2D eigenvalue weighted by Crippen LogP contribution is -2.21. The summed E-state index contributed by atoms with van der Waals surface area (Å²) < 4.78 is 34.3. The smallest absolute Gasteiger partial charge is 0.129 e. The van der Waals surface area contributed by atoms with Gasteiger partial charge in [0.15, 0.2) is 0 Å². The molecule has 2 nitrogen and oxygen atoms in total. The molecule has 26 heavy (non-hydrogen) atoms. The first-order valence-electron chi connectivity index (χ1n) is 9.02. The fourth-order valence-electron chi connectivity index (χ4n) is 3.46. The summed E-state index contributed by atoms with van der Waals surface area (Å²) >= 11 is 0. The molecule has 0 atom stereocenters. The first-order chi connectivity index (χ1) is 12.2. The summed E-state index contributed by atoms with van der Waals surface area (Å²) in [7, 11) is 0. The quantitative estimate of drug-likeness (QED) is 0.731. The number of nitrogens with two attached hydrogens (primary N) is 1. The van der Waals surface area contributed by atoms with Crippen LogP contribution in [0.2, 0.25) is 0 Å². The second kappa shape index (κ2) is 8.28. The molecule has 0 aliphatic rings. The minimum atomic E-state index is -0.294. The Morgan fingerprint density at radius 3 is 2.19 bits per heavy atom. The van der Waals surface area contributed by atoms with Crippen molar-refractivity contribution in [2.45, 2.75) is 65.7 Å². The molecule has 0 aromatic heterocycles. The highest BCUT2D eigenvalue weighted by Gasteiger charge is 2.24. The topological polar surface area (TPSA) is 35.2 Å². The zero-order valence-corrected chi connectivity index (χ0v) is 16.3. The summed E-state index contributed by atoms with van der Waals surface area (Å²) in [4.78, 5) is 0. The Morgan fingerprint density at radius 1 is 0.962 bits per heavy atom. The fraction of sp³-hybridized carbons (Fsp3) is 0.455. The molecule has 0 aliphatic carbocycles. The van der Waals surface area contributed by atoms with E-state index in [0.717, 1.165) is 16.7 Å². The Labute approximate surface area is 155 Å². The number of halogens is 2. The van der Waals surface area contributed by atoms with E-state index in [0.29, 0.717) is 11.1 Å². The van der Waals surface area contributed by atoms with E-state index in [2.05, 4.69) is 0 Å². The molecule has 0 bridgehead atoms. The van der Waals surface area contributed by atoms with Crippen LogP contribution >= 0.6 is 0 Å². The molecule has 0 radical (unpaired) electrons. The lowest BCUT2D eigenvalue weighted by Gasteiger charge is -2.26. The number of ether oxygens (including phenoxy) is 1. The van der Waals surface area contributed by atoms with Gasteiger partial charge < -0.3 is 10.5 Å². The van der Waals surface area contributed by atoms with Crippen LogP contribution in [0, 0.1) is 11.6 Å². The van der Waals surface area contributed by atoms with E-state index in [4.69, 9.17) is 10.5 Å². The summed E-state index contributed by atoms with van der Waals surface area (Å²) in [5, 5.41) is 0. The van der Waals surface area contributed by atoms with Crippen LogP contribution in [0.15, 0.2) is 30.3 Å². The van der Waals surface area contributed by atoms with Gasteiger partial charge in [-0.15, -0.1) is 0 Å². The van der Waals surface area contributed by atoms with Crippen molar-refractivity contribution in [1.82, 2.24) is 0 Å². The number of hydrogen-bond acceptors (Lipinski definition) is 2. The SMILES string of the molecule is CC(C)c1cccc(F)c1COCc1ccc(F)c(CN)c1C(C)(C)C. The van der Waals surface area contributed by atoms with Gasteiger partial charge >= 0.3 is 0 Å². The average Bonchev–Trinajstić information content (AvgIpc) is 2.55. The average molecular weight is 361 g/mol. The van der Waals surface area contributed by atoms with Crippen LogP contribution in [0.3, 0.4) is 0 Å². The van der Waals surface area contributed by atoms with Crippen molar-refractivity contribution in [3.8, 4) is 0 Å². The van der Waals surface area contributed by atoms with Gasteiger partial charge in [-0.25, -0.2) is 8.78 Å². The van der Waals surface area contributed by atoms with Crippen molar-refractivity contribution >= 4 is 0 Å². The molecule has 0 saturated carbocycles. The van der Waals surface area contributed by atoms with E-state index in [9.17, 15) is 8.78 Å². The Hall–Kier alpha value is -1.78. The van der Waals surface area contributed by atoms with Gasteiger partial charge in [-0.3, -0.25) is 0 Å². The molecule has 0 saturated heterocycles. The molecule has 0 amide bonds. The van der Waals surface area contributed by atoms with Crippen LogP contribution in [-0.4, -0.2) is 0 Å². The predicted molar refractivity (Wildman–Crippen MR) is 102 cm³/mol. The Bertz CT molecular complexity index is 763. The number of hydrogen-bond donors (Lipinski definition) is 1. The minimum Gasteiger partial charge on any atom is -0.372 e. The van der Waals surface area contributed by atoms with Crippen LogP contribution in [-0.2, 0) is 29.9 Å². The van der Waals surface area contributed by atoms with Crippen molar-refractivity contribution in [2.75, 3.05) is 0 Å². The molecule has 142 valence electrons. The van der Waals surface area contributed by atoms with Gasteiger partial charge in [0, 0.05) is 17.7 Å². The lowest BCUT2D eigenvalue weighted by atomic mass is 9.80. The van der Waals surface area contributed by atoms with Crippen LogP contribution in [0.25, 0.3) is 0 Å². The Balaban J connectivity index is 2.27. The summed E-state index contributed by atoms with van der Waals surface area (Å²) in [6.45, 7) is 10.7. The third-order valence-electron chi connectivity index (χ3n) is 4.58. The standard InChI is InChI=1S/C22H29F2NO/c1-14(2)16-7-6-8-19(23)18(16)13-26-12-15-9-10-20(24)17(11-25)21(15)22(3,4)5/h6-10,14H,11-13,25H2,1-5H3. The molecular formula is C22H29F2NO. The first-order valence-corrected chi connectivity index (χ1v) is 9.02. The highest BCUT2D eigenvalue weighted by atomic mass is 19.1. The maximum Gasteiger partial charge on any atom is 0.129 e. The molecular weight excluding hydrogens is 332 g/mol. The zero-order chi connectivity index (χ0) is 19.5. The van der Waals surface area contributed by atoms with Crippen molar-refractivity contribution in [1.29, 1.82) is 0 Å². The summed E-state index contributed by atoms with van der Waals surface area (Å²) in [5.74, 6) is -0.338. The van der Waals surface area contributed by atoms with Gasteiger partial charge in [-0.05, 0) is 40.2 Å². The highest BCUT2D eigenvalue weighted by molar-refractivity contribution is 5.41. The molecule has 2 aromatic carbocycles. The monoisotopic (exact) mass is 361 g/mol. The summed E-state index contributed by atoms with van der Waals surface area (Å²) in [6.07, 6.45) is 0. The van der Waals surface area contributed by atoms with Crippen LogP contribution < -0.4 is 5.73 Å². The number of benzene rings is 2. The van der Waals surface area contributed by atoms with Crippen molar-refractivity contribution in [3.05, 3.63) is 69.8 Å². The van der Waals surface area contributed by atoms with E-state index in [1.807, 2.05) is 40.7 Å². The van der Waals surface area contributed by atoms with E-state index >= 15 is 0 Å². The van der Waals surface area contributed by atoms with Crippen molar-refractivity contribution < 1.29 is 13.5 Å². The molecule has 0 fully saturated rings. The maximum absolute atomic E-state index is 14.2. The summed E-state index contributed by atoms with van der Waals surface area (Å²) in [5.41, 5.74) is 9.33. The van der Waals surface area contributed by atoms with Crippen molar-refractivity contribution in [2.24, 2.45) is 5.73 Å². The molecule has 0 spiro atoms. The van der Waals surface area contributed by atoms with Crippen LogP contribution in [0.1, 0.15) is 68.4 Å². The highest BCUT2D eigenvalue weighted by Crippen LogP contribution is 2.32. The minimum absolute atomic E-state index is 0.136. The van der Waals surface area contributed by atoms with E-state index in [1.54, 1.807) is 12.1 Å². The normalized spacial score (nSPS) is 12.0. The van der Waals surface area contributed by atoms with E-state index in [-0.39, 0.29) is 42.7 Å². The first kappa shape index (κ1) is 20.5. The summed E-state index contributed by atoms with van der Waals surface area (Å²) in [6, 6.07) is 8.27. The van der Waals surface area contributed by atoms with Gasteiger partial charge in [-0.2, -0.15) is 0 Å². The lowest BCUT2D eigenvalue weighted by molar-refractivity contribution is 0.103. The van der Waals surface area contributed by atoms with Gasteiger partial charge in [0.05, 0.1) is 13.2 Å². The van der Waals surface area contributed by atoms with Gasteiger partial charge in [0.1, 0.15) is 11.6 Å². The second-order valence-corrected chi connectivity index (χ2v) is 7.97. The molecule has 2 aromatic rings. The Morgan fingerprint density at radius 2 is 1.62 bits per heavy atom. The largest absolute Gasteiger partial charge is 0.372 e. The molecule has 0 heterocycles. The van der Waals surface area contributed by atoms with E-state index in [1.165, 1.54) is 12.1 Å². The van der Waals surface area contributed by atoms with Crippen LogP contribution in [0.5, 0.6) is 0 Å². The van der Waals surface area contributed by atoms with Gasteiger partial charge in [0.2, 0.25) is 0 Å². The number of rotatable bonds is 6. The molecule has 2 rings (SSSR count). The molecule has 4 heteroatoms. The van der Waals surface area contributed by atoms with Crippen LogP contribution in [0.4, 0.5) is 8.78 Å². The fourth-order valence-corrected chi connectivity index (χ4v) is 3.46. The van der Waals surface area contributed by atoms with Gasteiger partial charge in [-0.1, -0.05) is 52.8 Å². The van der Waals surface area contributed by atoms with Crippen molar-refractivity contribution in [3.63, 3.8) is 0 Å². The third-order valence-corrected chi connectivity index (χ3v) is 4.58. The second-order valence-electron chi connectivity index (χ2n) is 7.97. The van der Waals surface area contributed by atoms with E-state index < -0.39 is 0 Å². The molecule has 2 N–H and O–H groups in total. The van der Waals surface area contributed by atoms with Gasteiger partial charge in [0.25, 0.3) is 0 Å². The molecule has 0 aliphatic heterocycles. The Kier molecular flexibility index (Phi) is 6.53. The third kappa shape index (κ3) is 4.49.